The molecule has 2 aromatic carbocycles. The Labute approximate surface area is 140 Å². The number of anilines is 2. The first-order chi connectivity index (χ1) is 10.8. The largest absolute Gasteiger partial charge is 0.336 e. The van der Waals surface area contributed by atoms with E-state index in [-0.39, 0.29) is 11.9 Å². The molecule has 1 aliphatic heterocycles. The number of rotatable bonds is 2. The number of amides is 3. The normalized spacial score (nSPS) is 17.0. The molecule has 4 nitrogen and oxygen atoms in total. The fraction of sp³-hybridized carbons (Fsp3) is 0.222. The van der Waals surface area contributed by atoms with Crippen LogP contribution in [0.3, 0.4) is 0 Å². The van der Waals surface area contributed by atoms with Gasteiger partial charge in [0.1, 0.15) is 5.54 Å². The van der Waals surface area contributed by atoms with Gasteiger partial charge in [0, 0.05) is 10.7 Å². The third-order valence-corrected chi connectivity index (χ3v) is 4.30. The van der Waals surface area contributed by atoms with E-state index in [1.165, 1.54) is 9.80 Å². The summed E-state index contributed by atoms with van der Waals surface area (Å²) in [5, 5.41) is 0.558. The predicted octanol–water partition coefficient (Wildman–Crippen LogP) is 4.40. The highest BCUT2D eigenvalue weighted by atomic mass is 35.5. The van der Waals surface area contributed by atoms with Gasteiger partial charge >= 0.3 is 6.03 Å². The van der Waals surface area contributed by atoms with Gasteiger partial charge < -0.3 is 0 Å². The molecule has 0 spiro atoms. The van der Waals surface area contributed by atoms with Gasteiger partial charge in [0.25, 0.3) is 5.91 Å². The van der Waals surface area contributed by atoms with Crippen LogP contribution >= 0.6 is 11.6 Å². The molecule has 0 bridgehead atoms. The van der Waals surface area contributed by atoms with Crippen LogP contribution in [0.4, 0.5) is 16.2 Å². The van der Waals surface area contributed by atoms with E-state index < -0.39 is 5.54 Å². The Morgan fingerprint density at radius 2 is 1.39 bits per heavy atom. The van der Waals surface area contributed by atoms with Crippen LogP contribution in [-0.2, 0) is 4.79 Å². The quantitative estimate of drug-likeness (QED) is 0.767. The Bertz CT molecular complexity index is 767. The van der Waals surface area contributed by atoms with E-state index in [9.17, 15) is 9.59 Å². The molecule has 0 radical (unpaired) electrons. The Morgan fingerprint density at radius 3 is 1.96 bits per heavy atom. The van der Waals surface area contributed by atoms with E-state index in [1.807, 2.05) is 31.2 Å². The van der Waals surface area contributed by atoms with Crippen LogP contribution in [0.25, 0.3) is 0 Å². The van der Waals surface area contributed by atoms with Crippen molar-refractivity contribution >= 4 is 34.9 Å². The number of benzene rings is 2. The maximum Gasteiger partial charge on any atom is 0.336 e. The molecule has 1 fully saturated rings. The SMILES string of the molecule is Cc1ccc(N2C(=O)N(c3ccc(Cl)cc3)C(=O)C2(C)C)cc1. The topological polar surface area (TPSA) is 40.6 Å². The lowest BCUT2D eigenvalue weighted by Gasteiger charge is -2.27. The van der Waals surface area contributed by atoms with Gasteiger partial charge in [-0.15, -0.1) is 0 Å². The van der Waals surface area contributed by atoms with Crippen molar-refractivity contribution in [3.05, 3.63) is 59.1 Å². The minimum atomic E-state index is -0.952. The minimum Gasteiger partial charge on any atom is -0.279 e. The Hall–Kier alpha value is -2.33. The molecule has 2 aromatic rings. The van der Waals surface area contributed by atoms with Gasteiger partial charge in [-0.1, -0.05) is 29.3 Å². The summed E-state index contributed by atoms with van der Waals surface area (Å²) in [7, 11) is 0. The third kappa shape index (κ3) is 2.49. The zero-order chi connectivity index (χ0) is 16.8. The van der Waals surface area contributed by atoms with Crippen molar-refractivity contribution in [1.82, 2.24) is 0 Å². The first-order valence-corrected chi connectivity index (χ1v) is 7.71. The van der Waals surface area contributed by atoms with Crippen molar-refractivity contribution in [1.29, 1.82) is 0 Å². The second-order valence-electron chi connectivity index (χ2n) is 6.13. The number of halogens is 1. The lowest BCUT2D eigenvalue weighted by Crippen LogP contribution is -2.44. The third-order valence-electron chi connectivity index (χ3n) is 4.05. The lowest BCUT2D eigenvalue weighted by molar-refractivity contribution is -0.120. The summed E-state index contributed by atoms with van der Waals surface area (Å²) < 4.78 is 0. The summed E-state index contributed by atoms with van der Waals surface area (Å²) in [6.07, 6.45) is 0. The van der Waals surface area contributed by atoms with E-state index in [1.54, 1.807) is 38.1 Å². The first-order valence-electron chi connectivity index (χ1n) is 7.33. The zero-order valence-electron chi connectivity index (χ0n) is 13.2. The highest BCUT2D eigenvalue weighted by molar-refractivity contribution is 6.32. The molecule has 1 heterocycles. The number of hydrogen-bond acceptors (Lipinski definition) is 2. The standard InChI is InChI=1S/C18H17ClN2O2/c1-12-4-8-15(9-5-12)21-17(23)20(16(22)18(21,2)3)14-10-6-13(19)7-11-14/h4-11H,1-3H3. The Morgan fingerprint density at radius 1 is 0.870 bits per heavy atom. The number of imide groups is 1. The van der Waals surface area contributed by atoms with Crippen molar-refractivity contribution in [3.8, 4) is 0 Å². The molecular formula is C18H17ClN2O2. The Balaban J connectivity index is 2.05. The van der Waals surface area contributed by atoms with Gasteiger partial charge in [0.15, 0.2) is 0 Å². The maximum absolute atomic E-state index is 12.9. The molecule has 0 saturated carbocycles. The van der Waals surface area contributed by atoms with Crippen molar-refractivity contribution < 1.29 is 9.59 Å². The van der Waals surface area contributed by atoms with E-state index in [0.717, 1.165) is 5.56 Å². The van der Waals surface area contributed by atoms with Gasteiger partial charge in [-0.3, -0.25) is 9.69 Å². The van der Waals surface area contributed by atoms with Crippen LogP contribution < -0.4 is 9.80 Å². The summed E-state index contributed by atoms with van der Waals surface area (Å²) in [5.74, 6) is -0.259. The molecule has 3 amide bonds. The summed E-state index contributed by atoms with van der Waals surface area (Å²) in [6.45, 7) is 5.48. The lowest BCUT2D eigenvalue weighted by atomic mass is 10.0. The van der Waals surface area contributed by atoms with E-state index >= 15 is 0 Å². The van der Waals surface area contributed by atoms with Crippen LogP contribution in [0.5, 0.6) is 0 Å². The molecule has 118 valence electrons. The number of carbonyl (C=O) groups is 2. The molecule has 1 aliphatic rings. The van der Waals surface area contributed by atoms with E-state index in [4.69, 9.17) is 11.6 Å². The average Bonchev–Trinajstić information content (AvgIpc) is 2.68. The average molecular weight is 329 g/mol. The van der Waals surface area contributed by atoms with Crippen LogP contribution in [0.2, 0.25) is 5.02 Å². The number of aryl methyl sites for hydroxylation is 1. The molecule has 5 heteroatoms. The fourth-order valence-corrected chi connectivity index (χ4v) is 2.87. The fourth-order valence-electron chi connectivity index (χ4n) is 2.74. The highest BCUT2D eigenvalue weighted by Gasteiger charge is 2.52. The summed E-state index contributed by atoms with van der Waals surface area (Å²) >= 11 is 5.89. The van der Waals surface area contributed by atoms with Crippen LogP contribution in [0, 0.1) is 6.92 Å². The van der Waals surface area contributed by atoms with Crippen molar-refractivity contribution in [2.75, 3.05) is 9.80 Å². The molecule has 0 aromatic heterocycles. The van der Waals surface area contributed by atoms with Crippen molar-refractivity contribution in [2.45, 2.75) is 26.3 Å². The van der Waals surface area contributed by atoms with Crippen LogP contribution in [0.1, 0.15) is 19.4 Å². The van der Waals surface area contributed by atoms with Gasteiger partial charge in [-0.2, -0.15) is 0 Å². The van der Waals surface area contributed by atoms with Crippen molar-refractivity contribution in [2.24, 2.45) is 0 Å². The van der Waals surface area contributed by atoms with Gasteiger partial charge in [-0.05, 0) is 57.2 Å². The zero-order valence-corrected chi connectivity index (χ0v) is 14.0. The summed E-state index contributed by atoms with van der Waals surface area (Å²) in [5.41, 5.74) is 1.37. The predicted molar refractivity (Wildman–Crippen MR) is 92.1 cm³/mol. The maximum atomic E-state index is 12.9. The summed E-state index contributed by atoms with van der Waals surface area (Å²) in [6, 6.07) is 13.9. The molecular weight excluding hydrogens is 312 g/mol. The number of nitrogens with zero attached hydrogens (tertiary/aromatic N) is 2. The smallest absolute Gasteiger partial charge is 0.279 e. The first kappa shape index (κ1) is 15.6. The monoisotopic (exact) mass is 328 g/mol. The second kappa shape index (κ2) is 5.39. The van der Waals surface area contributed by atoms with Gasteiger partial charge in [0.05, 0.1) is 5.69 Å². The molecule has 0 N–H and O–H groups in total. The number of hydrogen-bond donors (Lipinski definition) is 0. The molecule has 23 heavy (non-hydrogen) atoms. The number of carbonyl (C=O) groups excluding carboxylic acids is 2. The molecule has 3 rings (SSSR count). The minimum absolute atomic E-state index is 0.259. The number of urea groups is 1. The Kier molecular flexibility index (Phi) is 3.65. The molecule has 1 saturated heterocycles. The van der Waals surface area contributed by atoms with Crippen molar-refractivity contribution in [3.63, 3.8) is 0 Å². The summed E-state index contributed by atoms with van der Waals surface area (Å²) in [4.78, 5) is 28.4. The highest BCUT2D eigenvalue weighted by Crippen LogP contribution is 2.36. The molecule has 0 atom stereocenters. The van der Waals surface area contributed by atoms with Crippen LogP contribution in [-0.4, -0.2) is 17.5 Å². The van der Waals surface area contributed by atoms with Gasteiger partial charge in [0.2, 0.25) is 0 Å². The van der Waals surface area contributed by atoms with E-state index in [2.05, 4.69) is 0 Å². The molecule has 0 aliphatic carbocycles. The second-order valence-corrected chi connectivity index (χ2v) is 6.57. The molecule has 0 unspecified atom stereocenters. The van der Waals surface area contributed by atoms with E-state index in [0.29, 0.717) is 16.4 Å². The van der Waals surface area contributed by atoms with Crippen LogP contribution in [0.15, 0.2) is 48.5 Å². The van der Waals surface area contributed by atoms with Gasteiger partial charge in [-0.25, -0.2) is 9.69 Å².